The predicted molar refractivity (Wildman–Crippen MR) is 74.0 cm³/mol. The molecule has 0 saturated carbocycles. The van der Waals surface area contributed by atoms with Gasteiger partial charge in [-0.15, -0.1) is 0 Å². The summed E-state index contributed by atoms with van der Waals surface area (Å²) in [6.07, 6.45) is 0. The normalized spacial score (nSPS) is 12.8. The minimum atomic E-state index is -0.172. The van der Waals surface area contributed by atoms with Crippen LogP contribution in [0.3, 0.4) is 0 Å². The summed E-state index contributed by atoms with van der Waals surface area (Å²) in [5.74, 6) is -0.172. The summed E-state index contributed by atoms with van der Waals surface area (Å²) < 4.78 is 13.9. The lowest BCUT2D eigenvalue weighted by atomic mass is 10.2. The van der Waals surface area contributed by atoms with Gasteiger partial charge in [0.1, 0.15) is 5.82 Å². The first-order chi connectivity index (χ1) is 7.63. The molecule has 90 valence electrons. The second-order valence-electron chi connectivity index (χ2n) is 3.83. The molecule has 16 heavy (non-hydrogen) atoms. The largest absolute Gasteiger partial charge is 0.315 e. The van der Waals surface area contributed by atoms with E-state index in [-0.39, 0.29) is 5.82 Å². The van der Waals surface area contributed by atoms with Crippen LogP contribution in [-0.4, -0.2) is 19.1 Å². The van der Waals surface area contributed by atoms with E-state index in [0.717, 1.165) is 28.8 Å². The molecule has 0 heterocycles. The van der Waals surface area contributed by atoms with E-state index in [4.69, 9.17) is 0 Å². The van der Waals surface area contributed by atoms with E-state index < -0.39 is 0 Å². The first kappa shape index (κ1) is 13.9. The number of hydrogen-bond donors (Lipinski definition) is 2. The van der Waals surface area contributed by atoms with Gasteiger partial charge in [0.15, 0.2) is 0 Å². The van der Waals surface area contributed by atoms with Crippen LogP contribution in [0.4, 0.5) is 4.39 Å². The van der Waals surface area contributed by atoms with Crippen LogP contribution in [0.15, 0.2) is 18.2 Å². The predicted octanol–water partition coefficient (Wildman–Crippen LogP) is 2.52. The summed E-state index contributed by atoms with van der Waals surface area (Å²) in [6, 6.07) is 5.32. The molecule has 0 saturated heterocycles. The van der Waals surface area contributed by atoms with Crippen molar-refractivity contribution in [2.45, 2.75) is 26.4 Å². The SMILES string of the molecule is CCNCC(C)NCc1ccc(F)cc1I. The highest BCUT2D eigenvalue weighted by Gasteiger charge is 2.04. The van der Waals surface area contributed by atoms with E-state index in [2.05, 4.69) is 47.1 Å². The zero-order chi connectivity index (χ0) is 12.0. The monoisotopic (exact) mass is 336 g/mol. The van der Waals surface area contributed by atoms with E-state index in [9.17, 15) is 4.39 Å². The van der Waals surface area contributed by atoms with Gasteiger partial charge in [0.2, 0.25) is 0 Å². The van der Waals surface area contributed by atoms with Crippen LogP contribution in [0.25, 0.3) is 0 Å². The molecule has 0 aromatic heterocycles. The number of hydrogen-bond acceptors (Lipinski definition) is 2. The smallest absolute Gasteiger partial charge is 0.124 e. The summed E-state index contributed by atoms with van der Waals surface area (Å²) in [6.45, 7) is 6.95. The van der Waals surface area contributed by atoms with Gasteiger partial charge in [-0.2, -0.15) is 0 Å². The molecule has 0 fully saturated rings. The summed E-state index contributed by atoms with van der Waals surface area (Å²) in [5.41, 5.74) is 1.14. The van der Waals surface area contributed by atoms with Gasteiger partial charge < -0.3 is 10.6 Å². The van der Waals surface area contributed by atoms with Crippen LogP contribution < -0.4 is 10.6 Å². The Kier molecular flexibility index (Phi) is 6.23. The van der Waals surface area contributed by atoms with Crippen LogP contribution >= 0.6 is 22.6 Å². The van der Waals surface area contributed by atoms with E-state index in [1.54, 1.807) is 6.07 Å². The lowest BCUT2D eigenvalue weighted by Gasteiger charge is -2.14. The van der Waals surface area contributed by atoms with Crippen molar-refractivity contribution in [1.29, 1.82) is 0 Å². The molecule has 0 bridgehead atoms. The number of nitrogens with one attached hydrogen (secondary N) is 2. The Morgan fingerprint density at radius 1 is 1.44 bits per heavy atom. The van der Waals surface area contributed by atoms with Gasteiger partial charge in [0, 0.05) is 22.7 Å². The van der Waals surface area contributed by atoms with Gasteiger partial charge in [0.05, 0.1) is 0 Å². The molecule has 0 aliphatic carbocycles. The fraction of sp³-hybridized carbons (Fsp3) is 0.500. The fourth-order valence-corrected chi connectivity index (χ4v) is 2.05. The molecular weight excluding hydrogens is 318 g/mol. The highest BCUT2D eigenvalue weighted by atomic mass is 127. The minimum absolute atomic E-state index is 0.172. The van der Waals surface area contributed by atoms with E-state index in [1.807, 2.05) is 6.07 Å². The van der Waals surface area contributed by atoms with E-state index in [0.29, 0.717) is 6.04 Å². The van der Waals surface area contributed by atoms with Crippen molar-refractivity contribution >= 4 is 22.6 Å². The van der Waals surface area contributed by atoms with Crippen molar-refractivity contribution in [1.82, 2.24) is 10.6 Å². The molecule has 1 aromatic carbocycles. The lowest BCUT2D eigenvalue weighted by Crippen LogP contribution is -2.35. The van der Waals surface area contributed by atoms with Crippen LogP contribution in [0.2, 0.25) is 0 Å². The maximum Gasteiger partial charge on any atom is 0.124 e. The van der Waals surface area contributed by atoms with Gasteiger partial charge in [-0.05, 0) is 53.8 Å². The van der Waals surface area contributed by atoms with Crippen molar-refractivity contribution < 1.29 is 4.39 Å². The lowest BCUT2D eigenvalue weighted by molar-refractivity contribution is 0.508. The number of benzene rings is 1. The first-order valence-corrected chi connectivity index (χ1v) is 6.59. The number of rotatable bonds is 6. The third-order valence-electron chi connectivity index (χ3n) is 2.36. The zero-order valence-corrected chi connectivity index (χ0v) is 11.8. The minimum Gasteiger partial charge on any atom is -0.315 e. The third kappa shape index (κ3) is 4.76. The molecule has 4 heteroatoms. The molecule has 0 amide bonds. The molecular formula is C12H18FIN2. The maximum absolute atomic E-state index is 12.9. The molecule has 1 unspecified atom stereocenters. The maximum atomic E-state index is 12.9. The molecule has 0 spiro atoms. The molecule has 0 aliphatic heterocycles. The Bertz CT molecular complexity index is 331. The highest BCUT2D eigenvalue weighted by Crippen LogP contribution is 2.13. The summed E-state index contributed by atoms with van der Waals surface area (Å²) in [7, 11) is 0. The van der Waals surface area contributed by atoms with Gasteiger partial charge in [-0.1, -0.05) is 13.0 Å². The van der Waals surface area contributed by atoms with Crippen molar-refractivity contribution in [3.05, 3.63) is 33.1 Å². The number of likely N-dealkylation sites (N-methyl/N-ethyl adjacent to an activating group) is 1. The molecule has 1 rings (SSSR count). The molecule has 1 atom stereocenters. The summed E-state index contributed by atoms with van der Waals surface area (Å²) in [4.78, 5) is 0. The molecule has 0 radical (unpaired) electrons. The van der Waals surface area contributed by atoms with Crippen LogP contribution in [-0.2, 0) is 6.54 Å². The van der Waals surface area contributed by atoms with Gasteiger partial charge in [0.25, 0.3) is 0 Å². The Morgan fingerprint density at radius 3 is 2.81 bits per heavy atom. The zero-order valence-electron chi connectivity index (χ0n) is 9.69. The molecule has 2 nitrogen and oxygen atoms in total. The van der Waals surface area contributed by atoms with Crippen molar-refractivity contribution in [2.24, 2.45) is 0 Å². The van der Waals surface area contributed by atoms with E-state index in [1.165, 1.54) is 6.07 Å². The first-order valence-electron chi connectivity index (χ1n) is 5.51. The van der Waals surface area contributed by atoms with Crippen LogP contribution in [0.1, 0.15) is 19.4 Å². The van der Waals surface area contributed by atoms with Gasteiger partial charge in [-0.3, -0.25) is 0 Å². The van der Waals surface area contributed by atoms with E-state index >= 15 is 0 Å². The fourth-order valence-electron chi connectivity index (χ4n) is 1.38. The highest BCUT2D eigenvalue weighted by molar-refractivity contribution is 14.1. The number of halogens is 2. The third-order valence-corrected chi connectivity index (χ3v) is 3.36. The van der Waals surface area contributed by atoms with Crippen LogP contribution in [0.5, 0.6) is 0 Å². The molecule has 0 aliphatic rings. The molecule has 2 N–H and O–H groups in total. The molecule has 1 aromatic rings. The second-order valence-corrected chi connectivity index (χ2v) is 4.99. The summed E-state index contributed by atoms with van der Waals surface area (Å²) >= 11 is 2.17. The van der Waals surface area contributed by atoms with Crippen molar-refractivity contribution in [3.63, 3.8) is 0 Å². The average Bonchev–Trinajstić information content (AvgIpc) is 2.25. The second kappa shape index (κ2) is 7.19. The quantitative estimate of drug-likeness (QED) is 0.780. The average molecular weight is 336 g/mol. The Balaban J connectivity index is 2.42. The van der Waals surface area contributed by atoms with Gasteiger partial charge >= 0.3 is 0 Å². The standard InChI is InChI=1S/C12H18FIN2/c1-3-15-7-9(2)16-8-10-4-5-11(13)6-12(10)14/h4-6,9,15-16H,3,7-8H2,1-2H3. The van der Waals surface area contributed by atoms with Gasteiger partial charge in [-0.25, -0.2) is 4.39 Å². The Hall–Kier alpha value is -0.200. The van der Waals surface area contributed by atoms with Crippen molar-refractivity contribution in [2.75, 3.05) is 13.1 Å². The Morgan fingerprint density at radius 2 is 2.19 bits per heavy atom. The summed E-state index contributed by atoms with van der Waals surface area (Å²) in [5, 5.41) is 6.69. The topological polar surface area (TPSA) is 24.1 Å². The van der Waals surface area contributed by atoms with Crippen LogP contribution in [0, 0.1) is 9.39 Å². The Labute approximate surface area is 110 Å². The van der Waals surface area contributed by atoms with Crippen molar-refractivity contribution in [3.8, 4) is 0 Å².